The summed E-state index contributed by atoms with van der Waals surface area (Å²) in [6.07, 6.45) is 0.753. The molecule has 3 aromatic rings. The number of nitrogens with zero attached hydrogens (tertiary/aromatic N) is 2. The standard InChI is InChI=1S/C21H24FN3O/c1-4-19-24-17-11-7-8-12-18(17)25(19)13-20(26)23-14-21(2,3)15-9-5-6-10-16(15)22/h5-12H,4,13-14H2,1-3H3,(H,23,26). The van der Waals surface area contributed by atoms with Crippen LogP contribution in [0.4, 0.5) is 4.39 Å². The number of carbonyl (C=O) groups is 1. The summed E-state index contributed by atoms with van der Waals surface area (Å²) in [7, 11) is 0. The minimum Gasteiger partial charge on any atom is -0.354 e. The van der Waals surface area contributed by atoms with E-state index in [2.05, 4.69) is 10.3 Å². The van der Waals surface area contributed by atoms with E-state index in [9.17, 15) is 9.18 Å². The monoisotopic (exact) mass is 353 g/mol. The van der Waals surface area contributed by atoms with Gasteiger partial charge in [0.25, 0.3) is 0 Å². The molecule has 1 amide bonds. The molecule has 1 heterocycles. The molecule has 0 fully saturated rings. The fraction of sp³-hybridized carbons (Fsp3) is 0.333. The van der Waals surface area contributed by atoms with Gasteiger partial charge < -0.3 is 9.88 Å². The molecule has 0 saturated carbocycles. The predicted molar refractivity (Wildman–Crippen MR) is 102 cm³/mol. The molecule has 0 atom stereocenters. The van der Waals surface area contributed by atoms with Crippen LogP contribution in [-0.4, -0.2) is 22.0 Å². The number of hydrogen-bond acceptors (Lipinski definition) is 2. The van der Waals surface area contributed by atoms with E-state index in [4.69, 9.17) is 0 Å². The Morgan fingerprint density at radius 1 is 1.15 bits per heavy atom. The maximum absolute atomic E-state index is 14.1. The van der Waals surface area contributed by atoms with Gasteiger partial charge in [-0.05, 0) is 23.8 Å². The van der Waals surface area contributed by atoms with E-state index < -0.39 is 5.41 Å². The first-order valence-electron chi connectivity index (χ1n) is 8.88. The lowest BCUT2D eigenvalue weighted by Crippen LogP contribution is -2.38. The van der Waals surface area contributed by atoms with Gasteiger partial charge in [0.2, 0.25) is 5.91 Å². The van der Waals surface area contributed by atoms with Crippen molar-refractivity contribution in [2.24, 2.45) is 0 Å². The molecule has 2 aromatic carbocycles. The average Bonchev–Trinajstić information content (AvgIpc) is 2.98. The number of aromatic nitrogens is 2. The largest absolute Gasteiger partial charge is 0.354 e. The number of nitrogens with one attached hydrogen (secondary N) is 1. The fourth-order valence-electron chi connectivity index (χ4n) is 3.20. The van der Waals surface area contributed by atoms with Gasteiger partial charge in [0.1, 0.15) is 18.2 Å². The summed E-state index contributed by atoms with van der Waals surface area (Å²) in [6, 6.07) is 14.5. The van der Waals surface area contributed by atoms with Crippen molar-refractivity contribution in [2.75, 3.05) is 6.54 Å². The van der Waals surface area contributed by atoms with Crippen molar-refractivity contribution in [1.82, 2.24) is 14.9 Å². The summed E-state index contributed by atoms with van der Waals surface area (Å²) in [6.45, 7) is 6.44. The van der Waals surface area contributed by atoms with Gasteiger partial charge in [-0.2, -0.15) is 0 Å². The average molecular weight is 353 g/mol. The minimum atomic E-state index is -0.494. The van der Waals surface area contributed by atoms with E-state index in [1.165, 1.54) is 6.07 Å². The van der Waals surface area contributed by atoms with E-state index in [0.29, 0.717) is 12.1 Å². The summed E-state index contributed by atoms with van der Waals surface area (Å²) in [5, 5.41) is 2.95. The van der Waals surface area contributed by atoms with Crippen LogP contribution in [0.15, 0.2) is 48.5 Å². The number of amides is 1. The zero-order chi connectivity index (χ0) is 18.7. The van der Waals surface area contributed by atoms with E-state index in [1.807, 2.05) is 55.7 Å². The van der Waals surface area contributed by atoms with Crippen LogP contribution in [0.1, 0.15) is 32.2 Å². The normalized spacial score (nSPS) is 11.7. The Morgan fingerprint density at radius 3 is 2.58 bits per heavy atom. The molecule has 3 rings (SSSR count). The van der Waals surface area contributed by atoms with Gasteiger partial charge in [-0.25, -0.2) is 9.37 Å². The van der Waals surface area contributed by atoms with Gasteiger partial charge in [0.05, 0.1) is 11.0 Å². The van der Waals surface area contributed by atoms with Gasteiger partial charge >= 0.3 is 0 Å². The highest BCUT2D eigenvalue weighted by atomic mass is 19.1. The number of para-hydroxylation sites is 2. The maximum atomic E-state index is 14.1. The fourth-order valence-corrected chi connectivity index (χ4v) is 3.20. The summed E-state index contributed by atoms with van der Waals surface area (Å²) < 4.78 is 16.0. The summed E-state index contributed by atoms with van der Waals surface area (Å²) in [4.78, 5) is 17.1. The lowest BCUT2D eigenvalue weighted by atomic mass is 9.84. The molecule has 5 heteroatoms. The Hall–Kier alpha value is -2.69. The van der Waals surface area contributed by atoms with Gasteiger partial charge in [0, 0.05) is 18.4 Å². The second kappa shape index (κ2) is 7.28. The number of rotatable bonds is 6. The van der Waals surface area contributed by atoms with E-state index in [-0.39, 0.29) is 18.3 Å². The number of aryl methyl sites for hydroxylation is 1. The van der Waals surface area contributed by atoms with Crippen LogP contribution in [0.2, 0.25) is 0 Å². The Kier molecular flexibility index (Phi) is 5.07. The van der Waals surface area contributed by atoms with Crippen molar-refractivity contribution in [3.63, 3.8) is 0 Å². The molecule has 1 N–H and O–H groups in total. The van der Waals surface area contributed by atoms with Gasteiger partial charge in [-0.15, -0.1) is 0 Å². The highest BCUT2D eigenvalue weighted by molar-refractivity contribution is 5.81. The number of hydrogen-bond donors (Lipinski definition) is 1. The minimum absolute atomic E-state index is 0.104. The van der Waals surface area contributed by atoms with E-state index >= 15 is 0 Å². The molecule has 0 spiro atoms. The van der Waals surface area contributed by atoms with Crippen LogP contribution in [0.25, 0.3) is 11.0 Å². The molecular formula is C21H24FN3O. The Morgan fingerprint density at radius 2 is 1.85 bits per heavy atom. The number of halogens is 1. The third-order valence-corrected chi connectivity index (χ3v) is 4.68. The summed E-state index contributed by atoms with van der Waals surface area (Å²) in [5.74, 6) is 0.530. The molecule has 1 aromatic heterocycles. The van der Waals surface area contributed by atoms with E-state index in [0.717, 1.165) is 23.3 Å². The highest BCUT2D eigenvalue weighted by Gasteiger charge is 2.24. The van der Waals surface area contributed by atoms with E-state index in [1.54, 1.807) is 12.1 Å². The summed E-state index contributed by atoms with van der Waals surface area (Å²) >= 11 is 0. The van der Waals surface area contributed by atoms with Crippen LogP contribution in [0, 0.1) is 5.82 Å². The second-order valence-corrected chi connectivity index (χ2v) is 7.10. The Bertz CT molecular complexity index is 930. The van der Waals surface area contributed by atoms with Crippen LogP contribution in [0.5, 0.6) is 0 Å². The van der Waals surface area contributed by atoms with Gasteiger partial charge in [0.15, 0.2) is 0 Å². The number of imidazole rings is 1. The molecule has 0 aliphatic heterocycles. The molecule has 136 valence electrons. The molecule has 0 aliphatic rings. The van der Waals surface area contributed by atoms with Crippen LogP contribution in [-0.2, 0) is 23.2 Å². The lowest BCUT2D eigenvalue weighted by Gasteiger charge is -2.26. The molecule has 0 radical (unpaired) electrons. The van der Waals surface area contributed by atoms with Crippen molar-refractivity contribution in [3.8, 4) is 0 Å². The first kappa shape index (κ1) is 18.1. The number of benzene rings is 2. The van der Waals surface area contributed by atoms with Crippen molar-refractivity contribution >= 4 is 16.9 Å². The first-order chi connectivity index (χ1) is 12.4. The predicted octanol–water partition coefficient (Wildman–Crippen LogP) is 3.83. The van der Waals surface area contributed by atoms with Crippen LogP contribution >= 0.6 is 0 Å². The Balaban J connectivity index is 1.73. The van der Waals surface area contributed by atoms with Crippen molar-refractivity contribution in [2.45, 2.75) is 39.2 Å². The second-order valence-electron chi connectivity index (χ2n) is 7.10. The number of fused-ring (bicyclic) bond motifs is 1. The molecule has 0 saturated heterocycles. The third-order valence-electron chi connectivity index (χ3n) is 4.68. The molecular weight excluding hydrogens is 329 g/mol. The zero-order valence-corrected chi connectivity index (χ0v) is 15.4. The lowest BCUT2D eigenvalue weighted by molar-refractivity contribution is -0.121. The summed E-state index contributed by atoms with van der Waals surface area (Å²) in [5.41, 5.74) is 1.95. The topological polar surface area (TPSA) is 46.9 Å². The van der Waals surface area contributed by atoms with Crippen molar-refractivity contribution < 1.29 is 9.18 Å². The first-order valence-corrected chi connectivity index (χ1v) is 8.88. The van der Waals surface area contributed by atoms with Crippen LogP contribution in [0.3, 0.4) is 0 Å². The highest BCUT2D eigenvalue weighted by Crippen LogP contribution is 2.25. The van der Waals surface area contributed by atoms with Gasteiger partial charge in [-0.1, -0.05) is 51.1 Å². The van der Waals surface area contributed by atoms with Crippen molar-refractivity contribution in [1.29, 1.82) is 0 Å². The molecule has 0 aliphatic carbocycles. The quantitative estimate of drug-likeness (QED) is 0.732. The molecule has 26 heavy (non-hydrogen) atoms. The Labute approximate surface area is 153 Å². The zero-order valence-electron chi connectivity index (χ0n) is 15.4. The maximum Gasteiger partial charge on any atom is 0.240 e. The SMILES string of the molecule is CCc1nc2ccccc2n1CC(=O)NCC(C)(C)c1ccccc1F. The molecule has 0 unspecified atom stereocenters. The number of carbonyl (C=O) groups excluding carboxylic acids is 1. The molecule has 0 bridgehead atoms. The van der Waals surface area contributed by atoms with Crippen molar-refractivity contribution in [3.05, 3.63) is 65.7 Å². The van der Waals surface area contributed by atoms with Crippen LogP contribution < -0.4 is 5.32 Å². The van der Waals surface area contributed by atoms with Gasteiger partial charge in [-0.3, -0.25) is 4.79 Å². The third kappa shape index (κ3) is 3.62. The molecule has 4 nitrogen and oxygen atoms in total. The smallest absolute Gasteiger partial charge is 0.240 e.